The zero-order valence-corrected chi connectivity index (χ0v) is 11.4. The van der Waals surface area contributed by atoms with Crippen molar-refractivity contribution in [1.29, 1.82) is 0 Å². The average molecular weight is 256 g/mol. The summed E-state index contributed by atoms with van der Waals surface area (Å²) in [5.74, 6) is 0.505. The van der Waals surface area contributed by atoms with Crippen LogP contribution in [0.15, 0.2) is 0 Å². The van der Waals surface area contributed by atoms with Gasteiger partial charge in [-0.1, -0.05) is 27.2 Å². The van der Waals surface area contributed by atoms with Gasteiger partial charge in [-0.2, -0.15) is 0 Å². The number of rotatable bonds is 8. The zero-order valence-electron chi connectivity index (χ0n) is 9.79. The molecule has 0 spiro atoms. The molecular weight excluding hydrogens is 234 g/mol. The van der Waals surface area contributed by atoms with E-state index in [-0.39, 0.29) is 17.7 Å². The van der Waals surface area contributed by atoms with Crippen molar-refractivity contribution in [2.45, 2.75) is 46.1 Å². The molecule has 0 heterocycles. The lowest BCUT2D eigenvalue weighted by atomic mass is 10.1. The molecule has 0 aliphatic rings. The zero-order chi connectivity index (χ0) is 11.9. The maximum Gasteiger partial charge on any atom is 0.212 e. The molecule has 0 aliphatic carbocycles. The molecule has 92 valence electrons. The summed E-state index contributed by atoms with van der Waals surface area (Å²) in [5.41, 5.74) is 0. The molecule has 0 aromatic rings. The van der Waals surface area contributed by atoms with Gasteiger partial charge >= 0.3 is 0 Å². The Morgan fingerprint density at radius 1 is 1.33 bits per heavy atom. The van der Waals surface area contributed by atoms with Crippen molar-refractivity contribution in [1.82, 2.24) is 4.72 Å². The Morgan fingerprint density at radius 3 is 2.33 bits per heavy atom. The molecule has 0 saturated carbocycles. The van der Waals surface area contributed by atoms with E-state index in [4.69, 9.17) is 11.6 Å². The van der Waals surface area contributed by atoms with Crippen LogP contribution in [0, 0.1) is 5.92 Å². The van der Waals surface area contributed by atoms with Crippen LogP contribution in [0.25, 0.3) is 0 Å². The second kappa shape index (κ2) is 7.47. The van der Waals surface area contributed by atoms with Gasteiger partial charge in [-0.15, -0.1) is 11.6 Å². The molecule has 0 aromatic heterocycles. The monoisotopic (exact) mass is 255 g/mol. The van der Waals surface area contributed by atoms with Crippen LogP contribution in [0.4, 0.5) is 0 Å². The van der Waals surface area contributed by atoms with Crippen LogP contribution < -0.4 is 4.72 Å². The minimum atomic E-state index is -3.16. The number of nitrogens with one attached hydrogen (secondary N) is 1. The second-order valence-electron chi connectivity index (χ2n) is 4.05. The van der Waals surface area contributed by atoms with Crippen molar-refractivity contribution in [2.75, 3.05) is 11.6 Å². The Hall–Kier alpha value is 0.200. The molecule has 0 aromatic carbocycles. The Balaban J connectivity index is 4.22. The SMILES string of the molecule is CCCC(CC)NS(=O)(=O)CC(C)CCl. The van der Waals surface area contributed by atoms with Crippen molar-refractivity contribution in [3.05, 3.63) is 0 Å². The van der Waals surface area contributed by atoms with E-state index in [0.29, 0.717) is 5.88 Å². The first-order chi connectivity index (χ1) is 6.95. The topological polar surface area (TPSA) is 46.2 Å². The molecule has 0 rings (SSSR count). The number of alkyl halides is 1. The highest BCUT2D eigenvalue weighted by atomic mass is 35.5. The largest absolute Gasteiger partial charge is 0.212 e. The number of halogens is 1. The fraction of sp³-hybridized carbons (Fsp3) is 1.00. The third kappa shape index (κ3) is 7.14. The molecule has 0 radical (unpaired) electrons. The van der Waals surface area contributed by atoms with Crippen LogP contribution in [-0.4, -0.2) is 26.1 Å². The van der Waals surface area contributed by atoms with Gasteiger partial charge in [-0.3, -0.25) is 0 Å². The number of hydrogen-bond donors (Lipinski definition) is 1. The van der Waals surface area contributed by atoms with Crippen molar-refractivity contribution < 1.29 is 8.42 Å². The minimum Gasteiger partial charge on any atom is -0.212 e. The molecule has 0 saturated heterocycles. The lowest BCUT2D eigenvalue weighted by molar-refractivity contribution is 0.507. The van der Waals surface area contributed by atoms with Gasteiger partial charge < -0.3 is 0 Å². The van der Waals surface area contributed by atoms with Crippen molar-refractivity contribution in [3.8, 4) is 0 Å². The lowest BCUT2D eigenvalue weighted by Gasteiger charge is -2.17. The minimum absolute atomic E-state index is 0.00305. The molecule has 0 amide bonds. The quantitative estimate of drug-likeness (QED) is 0.677. The van der Waals surface area contributed by atoms with Crippen molar-refractivity contribution in [3.63, 3.8) is 0 Å². The van der Waals surface area contributed by atoms with Gasteiger partial charge in [0.05, 0.1) is 5.75 Å². The highest BCUT2D eigenvalue weighted by Gasteiger charge is 2.18. The summed E-state index contributed by atoms with van der Waals surface area (Å²) >= 11 is 5.60. The Morgan fingerprint density at radius 2 is 1.93 bits per heavy atom. The fourth-order valence-corrected chi connectivity index (χ4v) is 3.41. The van der Waals surface area contributed by atoms with Crippen LogP contribution >= 0.6 is 11.6 Å². The van der Waals surface area contributed by atoms with Crippen LogP contribution in [0.1, 0.15) is 40.0 Å². The molecular formula is C10H22ClNO2S. The number of sulfonamides is 1. The first-order valence-corrected chi connectivity index (χ1v) is 7.69. The van der Waals surface area contributed by atoms with E-state index in [2.05, 4.69) is 11.6 Å². The molecule has 0 bridgehead atoms. The molecule has 0 aliphatic heterocycles. The maximum atomic E-state index is 11.7. The summed E-state index contributed by atoms with van der Waals surface area (Å²) in [4.78, 5) is 0. The fourth-order valence-electron chi connectivity index (χ4n) is 1.42. The van der Waals surface area contributed by atoms with Crippen LogP contribution in [0.2, 0.25) is 0 Å². The summed E-state index contributed by atoms with van der Waals surface area (Å²) in [6.07, 6.45) is 2.72. The third-order valence-corrected chi connectivity index (χ3v) is 4.47. The molecule has 3 nitrogen and oxygen atoms in total. The first-order valence-electron chi connectivity index (χ1n) is 5.51. The molecule has 2 unspecified atom stereocenters. The first kappa shape index (κ1) is 15.2. The Kier molecular flexibility index (Phi) is 7.57. The van der Waals surface area contributed by atoms with E-state index in [1.165, 1.54) is 0 Å². The summed E-state index contributed by atoms with van der Waals surface area (Å²) in [6.45, 7) is 5.89. The Labute approximate surface area is 98.6 Å². The van der Waals surface area contributed by atoms with Gasteiger partial charge in [0.1, 0.15) is 0 Å². The predicted molar refractivity (Wildman–Crippen MR) is 65.8 cm³/mol. The standard InChI is InChI=1S/C10H22ClNO2S/c1-4-6-10(5-2)12-15(13,14)8-9(3)7-11/h9-10,12H,4-8H2,1-3H3. The summed E-state index contributed by atoms with van der Waals surface area (Å²) < 4.78 is 26.1. The summed E-state index contributed by atoms with van der Waals surface area (Å²) in [6, 6.07) is 0.0718. The van der Waals surface area contributed by atoms with Crippen LogP contribution in [-0.2, 0) is 10.0 Å². The molecule has 5 heteroatoms. The van der Waals surface area contributed by atoms with E-state index in [1.807, 2.05) is 13.8 Å². The maximum absolute atomic E-state index is 11.7. The van der Waals surface area contributed by atoms with Crippen molar-refractivity contribution in [2.24, 2.45) is 5.92 Å². The van der Waals surface area contributed by atoms with Gasteiger partial charge in [0, 0.05) is 11.9 Å². The average Bonchev–Trinajstić information content (AvgIpc) is 2.15. The van der Waals surface area contributed by atoms with Gasteiger partial charge in [-0.05, 0) is 18.8 Å². The van der Waals surface area contributed by atoms with E-state index < -0.39 is 10.0 Å². The van der Waals surface area contributed by atoms with E-state index in [9.17, 15) is 8.42 Å². The molecule has 15 heavy (non-hydrogen) atoms. The smallest absolute Gasteiger partial charge is 0.212 e. The van der Waals surface area contributed by atoms with Crippen LogP contribution in [0.3, 0.4) is 0 Å². The summed E-state index contributed by atoms with van der Waals surface area (Å²) in [7, 11) is -3.16. The van der Waals surface area contributed by atoms with E-state index in [1.54, 1.807) is 0 Å². The second-order valence-corrected chi connectivity index (χ2v) is 6.16. The van der Waals surface area contributed by atoms with E-state index in [0.717, 1.165) is 19.3 Å². The molecule has 0 fully saturated rings. The highest BCUT2D eigenvalue weighted by Crippen LogP contribution is 2.07. The van der Waals surface area contributed by atoms with Gasteiger partial charge in [-0.25, -0.2) is 13.1 Å². The van der Waals surface area contributed by atoms with Gasteiger partial charge in [0.25, 0.3) is 0 Å². The predicted octanol–water partition coefficient (Wildman–Crippen LogP) is 2.36. The highest BCUT2D eigenvalue weighted by molar-refractivity contribution is 7.89. The molecule has 1 N–H and O–H groups in total. The Bertz CT molecular complexity index is 254. The van der Waals surface area contributed by atoms with E-state index >= 15 is 0 Å². The number of hydrogen-bond acceptors (Lipinski definition) is 2. The van der Waals surface area contributed by atoms with Crippen molar-refractivity contribution >= 4 is 21.6 Å². The van der Waals surface area contributed by atoms with Gasteiger partial charge in [0.15, 0.2) is 0 Å². The lowest BCUT2D eigenvalue weighted by Crippen LogP contribution is -2.37. The summed E-state index contributed by atoms with van der Waals surface area (Å²) in [5, 5.41) is 0. The van der Waals surface area contributed by atoms with Gasteiger partial charge in [0.2, 0.25) is 10.0 Å². The van der Waals surface area contributed by atoms with Crippen LogP contribution in [0.5, 0.6) is 0 Å². The molecule has 2 atom stereocenters. The normalized spacial score (nSPS) is 16.3. The third-order valence-electron chi connectivity index (χ3n) is 2.24.